The second-order valence-electron chi connectivity index (χ2n) is 2.34. The fourth-order valence-electron chi connectivity index (χ4n) is 0.814. The summed E-state index contributed by atoms with van der Waals surface area (Å²) in [4.78, 5) is 0. The summed E-state index contributed by atoms with van der Waals surface area (Å²) in [6, 6.07) is 1.98. The smallest absolute Gasteiger partial charge is 0.267 e. The second kappa shape index (κ2) is 2.84. The number of aromatic hydroxyl groups is 1. The number of anilines is 2. The van der Waals surface area contributed by atoms with E-state index in [1.165, 1.54) is 0 Å². The van der Waals surface area contributed by atoms with Gasteiger partial charge in [-0.25, -0.2) is 8.78 Å². The van der Waals surface area contributed by atoms with Crippen molar-refractivity contribution in [3.63, 3.8) is 0 Å². The maximum atomic E-state index is 12.1. The van der Waals surface area contributed by atoms with Gasteiger partial charge in [0.25, 0.3) is 6.43 Å². The van der Waals surface area contributed by atoms with Gasteiger partial charge in [0.05, 0.1) is 16.9 Å². The molecular formula is C7H8F2N2O. The first kappa shape index (κ1) is 8.58. The molecular weight excluding hydrogens is 166 g/mol. The second-order valence-corrected chi connectivity index (χ2v) is 2.34. The Morgan fingerprint density at radius 3 is 2.17 bits per heavy atom. The summed E-state index contributed by atoms with van der Waals surface area (Å²) in [6.45, 7) is 0. The molecule has 0 radical (unpaired) electrons. The highest BCUT2D eigenvalue weighted by Gasteiger charge is 2.13. The van der Waals surface area contributed by atoms with E-state index in [4.69, 9.17) is 16.6 Å². The lowest BCUT2D eigenvalue weighted by Crippen LogP contribution is -1.96. The van der Waals surface area contributed by atoms with Crippen LogP contribution in [0.15, 0.2) is 12.1 Å². The third-order valence-corrected chi connectivity index (χ3v) is 1.47. The first-order chi connectivity index (χ1) is 5.52. The Morgan fingerprint density at radius 1 is 1.17 bits per heavy atom. The monoisotopic (exact) mass is 174 g/mol. The van der Waals surface area contributed by atoms with Crippen LogP contribution in [0.5, 0.6) is 5.75 Å². The van der Waals surface area contributed by atoms with Gasteiger partial charge in [0.2, 0.25) is 0 Å². The molecule has 0 fully saturated rings. The first-order valence-electron chi connectivity index (χ1n) is 3.18. The standard InChI is InChI=1S/C7H8F2N2O/c8-7(9)3-1-4(10)5(11)2-6(3)12/h1-2,7,12H,10-11H2. The predicted molar refractivity (Wildman–Crippen MR) is 41.9 cm³/mol. The summed E-state index contributed by atoms with van der Waals surface area (Å²) in [5.74, 6) is -0.531. The number of alkyl halides is 2. The van der Waals surface area contributed by atoms with E-state index in [1.54, 1.807) is 0 Å². The summed E-state index contributed by atoms with van der Waals surface area (Å²) in [5, 5.41) is 8.97. The predicted octanol–water partition coefficient (Wildman–Crippen LogP) is 1.49. The summed E-state index contributed by atoms with van der Waals surface area (Å²) < 4.78 is 24.2. The number of phenolic OH excluding ortho intramolecular Hbond substituents is 1. The minimum absolute atomic E-state index is 0.0445. The largest absolute Gasteiger partial charge is 0.507 e. The number of halogens is 2. The van der Waals surface area contributed by atoms with Crippen LogP contribution in [-0.2, 0) is 0 Å². The van der Waals surface area contributed by atoms with E-state index in [-0.39, 0.29) is 11.4 Å². The zero-order valence-corrected chi connectivity index (χ0v) is 6.09. The van der Waals surface area contributed by atoms with Gasteiger partial charge < -0.3 is 16.6 Å². The van der Waals surface area contributed by atoms with Crippen LogP contribution in [0, 0.1) is 0 Å². The van der Waals surface area contributed by atoms with Crippen molar-refractivity contribution >= 4 is 11.4 Å². The topological polar surface area (TPSA) is 72.3 Å². The highest BCUT2D eigenvalue weighted by Crippen LogP contribution is 2.32. The van der Waals surface area contributed by atoms with Gasteiger partial charge in [-0.1, -0.05) is 0 Å². The Bertz CT molecular complexity index is 302. The molecule has 0 saturated heterocycles. The van der Waals surface area contributed by atoms with E-state index in [2.05, 4.69) is 0 Å². The minimum Gasteiger partial charge on any atom is -0.507 e. The highest BCUT2D eigenvalue weighted by atomic mass is 19.3. The zero-order valence-electron chi connectivity index (χ0n) is 6.09. The number of phenols is 1. The van der Waals surface area contributed by atoms with Crippen molar-refractivity contribution in [1.29, 1.82) is 0 Å². The van der Waals surface area contributed by atoms with Gasteiger partial charge in [-0.15, -0.1) is 0 Å². The zero-order chi connectivity index (χ0) is 9.30. The van der Waals surface area contributed by atoms with Gasteiger partial charge in [-0.2, -0.15) is 0 Å². The molecule has 0 spiro atoms. The Balaban J connectivity index is 3.23. The quantitative estimate of drug-likeness (QED) is 0.446. The molecule has 0 atom stereocenters. The molecule has 12 heavy (non-hydrogen) atoms. The van der Waals surface area contributed by atoms with Crippen LogP contribution in [0.3, 0.4) is 0 Å². The molecule has 0 aliphatic heterocycles. The van der Waals surface area contributed by atoms with E-state index in [1.807, 2.05) is 0 Å². The van der Waals surface area contributed by atoms with Crippen LogP contribution in [0.4, 0.5) is 20.2 Å². The van der Waals surface area contributed by atoms with Crippen molar-refractivity contribution in [3.8, 4) is 5.75 Å². The first-order valence-corrected chi connectivity index (χ1v) is 3.18. The van der Waals surface area contributed by atoms with Gasteiger partial charge in [-0.05, 0) is 6.07 Å². The summed E-state index contributed by atoms with van der Waals surface area (Å²) in [5.41, 5.74) is 10.2. The van der Waals surface area contributed by atoms with Crippen molar-refractivity contribution < 1.29 is 13.9 Å². The molecule has 66 valence electrons. The van der Waals surface area contributed by atoms with Crippen LogP contribution >= 0.6 is 0 Å². The van der Waals surface area contributed by atoms with Crippen molar-refractivity contribution in [2.24, 2.45) is 0 Å². The van der Waals surface area contributed by atoms with Crippen LogP contribution in [0.25, 0.3) is 0 Å². The highest BCUT2D eigenvalue weighted by molar-refractivity contribution is 5.67. The fraction of sp³-hybridized carbons (Fsp3) is 0.143. The molecule has 0 bridgehead atoms. The summed E-state index contributed by atoms with van der Waals surface area (Å²) >= 11 is 0. The van der Waals surface area contributed by atoms with E-state index >= 15 is 0 Å². The number of nitrogen functional groups attached to an aromatic ring is 2. The van der Waals surface area contributed by atoms with E-state index < -0.39 is 17.7 Å². The lowest BCUT2D eigenvalue weighted by atomic mass is 10.1. The van der Waals surface area contributed by atoms with Crippen LogP contribution in [0.1, 0.15) is 12.0 Å². The Hall–Kier alpha value is -1.52. The average Bonchev–Trinajstić information content (AvgIpc) is 1.96. The summed E-state index contributed by atoms with van der Waals surface area (Å²) in [6.07, 6.45) is -2.74. The van der Waals surface area contributed by atoms with Crippen LogP contribution in [-0.4, -0.2) is 5.11 Å². The number of nitrogens with two attached hydrogens (primary N) is 2. The third kappa shape index (κ3) is 1.39. The summed E-state index contributed by atoms with van der Waals surface area (Å²) in [7, 11) is 0. The van der Waals surface area contributed by atoms with E-state index in [9.17, 15) is 8.78 Å². The lowest BCUT2D eigenvalue weighted by molar-refractivity contribution is 0.147. The molecule has 0 heterocycles. The van der Waals surface area contributed by atoms with Crippen LogP contribution < -0.4 is 11.5 Å². The lowest BCUT2D eigenvalue weighted by Gasteiger charge is -2.06. The molecule has 5 N–H and O–H groups in total. The normalized spacial score (nSPS) is 10.6. The van der Waals surface area contributed by atoms with Gasteiger partial charge >= 0.3 is 0 Å². The molecule has 0 saturated carbocycles. The Morgan fingerprint density at radius 2 is 1.67 bits per heavy atom. The maximum Gasteiger partial charge on any atom is 0.267 e. The average molecular weight is 174 g/mol. The fourth-order valence-corrected chi connectivity index (χ4v) is 0.814. The van der Waals surface area contributed by atoms with Gasteiger partial charge in [0.15, 0.2) is 0 Å². The molecule has 5 heteroatoms. The van der Waals surface area contributed by atoms with Crippen molar-refractivity contribution in [3.05, 3.63) is 17.7 Å². The molecule has 0 aromatic heterocycles. The Kier molecular flexibility index (Phi) is 2.03. The van der Waals surface area contributed by atoms with Gasteiger partial charge in [0.1, 0.15) is 5.75 Å². The van der Waals surface area contributed by atoms with Crippen molar-refractivity contribution in [1.82, 2.24) is 0 Å². The van der Waals surface area contributed by atoms with Gasteiger partial charge in [0, 0.05) is 6.07 Å². The van der Waals surface area contributed by atoms with Crippen molar-refractivity contribution in [2.45, 2.75) is 6.43 Å². The van der Waals surface area contributed by atoms with Gasteiger partial charge in [-0.3, -0.25) is 0 Å². The molecule has 0 amide bonds. The maximum absolute atomic E-state index is 12.1. The molecule has 0 aliphatic rings. The molecule has 1 aromatic rings. The van der Waals surface area contributed by atoms with E-state index in [0.29, 0.717) is 0 Å². The molecule has 0 aliphatic carbocycles. The van der Waals surface area contributed by atoms with Crippen molar-refractivity contribution in [2.75, 3.05) is 11.5 Å². The SMILES string of the molecule is Nc1cc(O)c(C(F)F)cc1N. The molecule has 1 aromatic carbocycles. The minimum atomic E-state index is -2.74. The number of rotatable bonds is 1. The number of hydrogen-bond donors (Lipinski definition) is 3. The molecule has 0 unspecified atom stereocenters. The molecule has 3 nitrogen and oxygen atoms in total. The number of hydrogen-bond acceptors (Lipinski definition) is 3. The number of benzene rings is 1. The molecule has 1 rings (SSSR count). The van der Waals surface area contributed by atoms with E-state index in [0.717, 1.165) is 12.1 Å². The third-order valence-electron chi connectivity index (χ3n) is 1.47. The Labute approximate surface area is 67.6 Å². The van der Waals surface area contributed by atoms with Crippen LogP contribution in [0.2, 0.25) is 0 Å².